The molecule has 0 saturated heterocycles. The minimum absolute atomic E-state index is 0.177. The Morgan fingerprint density at radius 2 is 1.20 bits per heavy atom. The van der Waals surface area contributed by atoms with Crippen LogP contribution < -0.4 is 0 Å². The molecule has 0 amide bonds. The predicted octanol–water partition coefficient (Wildman–Crippen LogP) is 1.48. The first-order chi connectivity index (χ1) is 7.10. The van der Waals surface area contributed by atoms with Crippen molar-refractivity contribution >= 4 is 0 Å². The third kappa shape index (κ3) is 0.614. The average molecular weight is 196 g/mol. The molecule has 0 spiro atoms. The summed E-state index contributed by atoms with van der Waals surface area (Å²) in [5.74, 6) is 0.177. The molecule has 0 aromatic rings. The number of rotatable bonds is 1. The van der Waals surface area contributed by atoms with Crippen LogP contribution in [0.1, 0.15) is 19.8 Å². The molecular weight excluding hydrogens is 188 g/mol. The fraction of sp³-hybridized carbons (Fsp3) is 0.636. The summed E-state index contributed by atoms with van der Waals surface area (Å²) >= 11 is 0. The number of nitriles is 4. The summed E-state index contributed by atoms with van der Waals surface area (Å²) < 4.78 is 0. The third-order valence-electron chi connectivity index (χ3n) is 4.12. The van der Waals surface area contributed by atoms with Crippen molar-refractivity contribution in [1.29, 1.82) is 21.0 Å². The maximum absolute atomic E-state index is 9.09. The highest BCUT2D eigenvalue weighted by Gasteiger charge is 2.92. The Labute approximate surface area is 87.9 Å². The average Bonchev–Trinajstić information content (AvgIpc) is 3.12. The van der Waals surface area contributed by atoms with E-state index in [-0.39, 0.29) is 5.92 Å². The van der Waals surface area contributed by atoms with Crippen molar-refractivity contribution in [3.63, 3.8) is 0 Å². The summed E-state index contributed by atoms with van der Waals surface area (Å²) in [7, 11) is 0. The van der Waals surface area contributed by atoms with Gasteiger partial charge in [0.1, 0.15) is 0 Å². The molecule has 4 nitrogen and oxygen atoms in total. The summed E-state index contributed by atoms with van der Waals surface area (Å²) in [5, 5.41) is 36.4. The smallest absolute Gasteiger partial charge is 0.184 e. The highest BCUT2D eigenvalue weighted by Crippen LogP contribution is 2.83. The van der Waals surface area contributed by atoms with Crippen LogP contribution in [0.25, 0.3) is 0 Å². The van der Waals surface area contributed by atoms with E-state index in [4.69, 9.17) is 21.0 Å². The van der Waals surface area contributed by atoms with Crippen molar-refractivity contribution in [2.24, 2.45) is 22.2 Å². The standard InChI is InChI=1S/C11H8N4/c1-9(8-2-3-8)10(4-12,5-13)11(9,6-14)7-15/h8H,2-3H2,1H3. The van der Waals surface area contributed by atoms with E-state index >= 15 is 0 Å². The molecule has 0 radical (unpaired) electrons. The van der Waals surface area contributed by atoms with E-state index in [0.29, 0.717) is 0 Å². The molecule has 0 atom stereocenters. The van der Waals surface area contributed by atoms with Gasteiger partial charge in [0.15, 0.2) is 10.8 Å². The number of hydrogen-bond acceptors (Lipinski definition) is 4. The zero-order chi connectivity index (χ0) is 11.3. The van der Waals surface area contributed by atoms with Crippen LogP contribution in [0.4, 0.5) is 0 Å². The fourth-order valence-electron chi connectivity index (χ4n) is 2.87. The van der Waals surface area contributed by atoms with Gasteiger partial charge in [-0.2, -0.15) is 21.0 Å². The molecule has 72 valence electrons. The molecule has 0 bridgehead atoms. The number of hydrogen-bond donors (Lipinski definition) is 0. The normalized spacial score (nSPS) is 27.5. The van der Waals surface area contributed by atoms with Gasteiger partial charge in [0, 0.05) is 5.41 Å². The van der Waals surface area contributed by atoms with Crippen LogP contribution in [0.15, 0.2) is 0 Å². The van der Waals surface area contributed by atoms with Crippen LogP contribution in [-0.4, -0.2) is 0 Å². The van der Waals surface area contributed by atoms with Gasteiger partial charge in [-0.05, 0) is 18.8 Å². The quantitative estimate of drug-likeness (QED) is 0.634. The van der Waals surface area contributed by atoms with E-state index in [1.165, 1.54) is 0 Å². The molecule has 2 fully saturated rings. The van der Waals surface area contributed by atoms with Crippen LogP contribution in [0.3, 0.4) is 0 Å². The van der Waals surface area contributed by atoms with Gasteiger partial charge < -0.3 is 0 Å². The molecule has 0 N–H and O–H groups in total. The minimum atomic E-state index is -1.43. The van der Waals surface area contributed by atoms with Crippen LogP contribution in [0, 0.1) is 67.5 Å². The SMILES string of the molecule is CC1(C2CC2)C(C#N)(C#N)C1(C#N)C#N. The summed E-state index contributed by atoms with van der Waals surface area (Å²) in [4.78, 5) is 0. The van der Waals surface area contributed by atoms with E-state index in [1.54, 1.807) is 6.92 Å². The van der Waals surface area contributed by atoms with Crippen LogP contribution in [-0.2, 0) is 0 Å². The largest absolute Gasteiger partial charge is 0.196 e. The zero-order valence-corrected chi connectivity index (χ0v) is 8.28. The van der Waals surface area contributed by atoms with Crippen molar-refractivity contribution in [2.45, 2.75) is 19.8 Å². The lowest BCUT2D eigenvalue weighted by Crippen LogP contribution is -2.09. The molecule has 2 rings (SSSR count). The summed E-state index contributed by atoms with van der Waals surface area (Å²) in [6, 6.07) is 7.60. The van der Waals surface area contributed by atoms with Crippen LogP contribution >= 0.6 is 0 Å². The maximum Gasteiger partial charge on any atom is 0.184 e. The first-order valence-corrected chi connectivity index (χ1v) is 4.75. The molecule has 15 heavy (non-hydrogen) atoms. The van der Waals surface area contributed by atoms with Gasteiger partial charge in [0.05, 0.1) is 24.3 Å². The molecule has 0 aromatic carbocycles. The molecule has 4 heteroatoms. The third-order valence-corrected chi connectivity index (χ3v) is 4.12. The van der Waals surface area contributed by atoms with Crippen molar-refractivity contribution in [1.82, 2.24) is 0 Å². The molecule has 0 aliphatic heterocycles. The van der Waals surface area contributed by atoms with E-state index in [9.17, 15) is 0 Å². The molecular formula is C11H8N4. The minimum Gasteiger partial charge on any atom is -0.196 e. The summed E-state index contributed by atoms with van der Waals surface area (Å²) in [6.07, 6.45) is 1.82. The molecule has 0 unspecified atom stereocenters. The second-order valence-corrected chi connectivity index (χ2v) is 4.42. The summed E-state index contributed by atoms with van der Waals surface area (Å²) in [5.41, 5.74) is -3.61. The van der Waals surface area contributed by atoms with Crippen molar-refractivity contribution in [3.8, 4) is 24.3 Å². The first kappa shape index (κ1) is 9.51. The molecule has 0 aromatic heterocycles. The van der Waals surface area contributed by atoms with Crippen LogP contribution in [0.5, 0.6) is 0 Å². The first-order valence-electron chi connectivity index (χ1n) is 4.75. The van der Waals surface area contributed by atoms with Crippen molar-refractivity contribution in [2.75, 3.05) is 0 Å². The maximum atomic E-state index is 9.09. The van der Waals surface area contributed by atoms with Gasteiger partial charge in [0.2, 0.25) is 0 Å². The van der Waals surface area contributed by atoms with E-state index in [0.717, 1.165) is 12.8 Å². The highest BCUT2D eigenvalue weighted by atomic mass is 14.9. The van der Waals surface area contributed by atoms with Gasteiger partial charge in [-0.3, -0.25) is 0 Å². The fourth-order valence-corrected chi connectivity index (χ4v) is 2.87. The summed E-state index contributed by atoms with van der Waals surface area (Å²) in [6.45, 7) is 1.73. The van der Waals surface area contributed by atoms with Gasteiger partial charge in [-0.1, -0.05) is 6.92 Å². The molecule has 2 aliphatic rings. The molecule has 2 aliphatic carbocycles. The van der Waals surface area contributed by atoms with Crippen LogP contribution in [0.2, 0.25) is 0 Å². The Kier molecular flexibility index (Phi) is 1.46. The Balaban J connectivity index is 2.62. The van der Waals surface area contributed by atoms with E-state index in [2.05, 4.69) is 0 Å². The number of nitrogens with zero attached hydrogens (tertiary/aromatic N) is 4. The lowest BCUT2D eigenvalue weighted by Gasteiger charge is -2.07. The Bertz CT molecular complexity index is 421. The Morgan fingerprint density at radius 3 is 1.40 bits per heavy atom. The topological polar surface area (TPSA) is 95.2 Å². The lowest BCUT2D eigenvalue weighted by molar-refractivity contribution is 0.405. The van der Waals surface area contributed by atoms with Gasteiger partial charge in [0.25, 0.3) is 0 Å². The molecule has 0 heterocycles. The predicted molar refractivity (Wildman–Crippen MR) is 48.1 cm³/mol. The van der Waals surface area contributed by atoms with Gasteiger partial charge in [-0.15, -0.1) is 0 Å². The van der Waals surface area contributed by atoms with Crippen molar-refractivity contribution in [3.05, 3.63) is 0 Å². The monoisotopic (exact) mass is 196 g/mol. The van der Waals surface area contributed by atoms with E-state index in [1.807, 2.05) is 24.3 Å². The highest BCUT2D eigenvalue weighted by molar-refractivity contribution is 5.56. The van der Waals surface area contributed by atoms with Gasteiger partial charge in [-0.25, -0.2) is 0 Å². The second kappa shape index (κ2) is 2.31. The lowest BCUT2D eigenvalue weighted by atomic mass is 9.91. The Hall–Kier alpha value is -2.04. The second-order valence-electron chi connectivity index (χ2n) is 4.42. The van der Waals surface area contributed by atoms with E-state index < -0.39 is 16.2 Å². The zero-order valence-electron chi connectivity index (χ0n) is 8.28. The Morgan fingerprint density at radius 1 is 0.867 bits per heavy atom. The molecule has 2 saturated carbocycles. The van der Waals surface area contributed by atoms with Gasteiger partial charge >= 0.3 is 0 Å². The van der Waals surface area contributed by atoms with Crippen molar-refractivity contribution < 1.29 is 0 Å².